The van der Waals surface area contributed by atoms with Gasteiger partial charge in [-0.1, -0.05) is 13.8 Å². The second kappa shape index (κ2) is 6.80. The predicted molar refractivity (Wildman–Crippen MR) is 63.4 cm³/mol. The molecule has 0 aromatic rings. The molecule has 0 aromatic heterocycles. The van der Waals surface area contributed by atoms with Gasteiger partial charge in [0.1, 0.15) is 0 Å². The molecule has 0 spiro atoms. The lowest BCUT2D eigenvalue weighted by atomic mass is 9.95. The Morgan fingerprint density at radius 2 is 1.80 bits per heavy atom. The molecule has 0 rings (SSSR count). The van der Waals surface area contributed by atoms with E-state index >= 15 is 0 Å². The molecular formula is C11H25N3O. The minimum atomic E-state index is -0.844. The summed E-state index contributed by atoms with van der Waals surface area (Å²) in [6.07, 6.45) is 2.69. The largest absolute Gasteiger partial charge is 0.368 e. The number of unbranched alkanes of at least 4 members (excludes halogenated alkanes) is 1. The molecule has 1 atom stereocenters. The minimum Gasteiger partial charge on any atom is -0.368 e. The van der Waals surface area contributed by atoms with Crippen molar-refractivity contribution in [1.29, 1.82) is 0 Å². The van der Waals surface area contributed by atoms with E-state index < -0.39 is 11.4 Å². The smallest absolute Gasteiger partial charge is 0.237 e. The van der Waals surface area contributed by atoms with Crippen molar-refractivity contribution >= 4 is 5.91 Å². The van der Waals surface area contributed by atoms with Gasteiger partial charge in [0.05, 0.1) is 5.54 Å². The first-order chi connectivity index (χ1) is 6.94. The highest BCUT2D eigenvalue weighted by atomic mass is 16.1. The molecular weight excluding hydrogens is 190 g/mol. The Morgan fingerprint density at radius 3 is 2.20 bits per heavy atom. The Hall–Kier alpha value is -0.610. The molecule has 4 N–H and O–H groups in total. The molecule has 4 heteroatoms. The maximum Gasteiger partial charge on any atom is 0.237 e. The first kappa shape index (κ1) is 14.4. The van der Waals surface area contributed by atoms with Crippen LogP contribution < -0.4 is 11.5 Å². The summed E-state index contributed by atoms with van der Waals surface area (Å²) in [5, 5.41) is 0. The van der Waals surface area contributed by atoms with E-state index in [-0.39, 0.29) is 0 Å². The molecule has 0 aliphatic rings. The van der Waals surface area contributed by atoms with Crippen molar-refractivity contribution < 1.29 is 4.79 Å². The van der Waals surface area contributed by atoms with Crippen LogP contribution in [0.15, 0.2) is 0 Å². The zero-order valence-electron chi connectivity index (χ0n) is 10.3. The molecule has 0 aromatic carbocycles. The minimum absolute atomic E-state index is 0.412. The van der Waals surface area contributed by atoms with Crippen LogP contribution in [0.3, 0.4) is 0 Å². The van der Waals surface area contributed by atoms with Gasteiger partial charge in [0, 0.05) is 0 Å². The summed E-state index contributed by atoms with van der Waals surface area (Å²) in [6, 6.07) is 0. The quantitative estimate of drug-likeness (QED) is 0.585. The summed E-state index contributed by atoms with van der Waals surface area (Å²) >= 11 is 0. The first-order valence-electron chi connectivity index (χ1n) is 5.75. The highest BCUT2D eigenvalue weighted by Crippen LogP contribution is 2.10. The predicted octanol–water partition coefficient (Wildman–Crippen LogP) is 0.701. The molecule has 0 aliphatic heterocycles. The fourth-order valence-electron chi connectivity index (χ4n) is 1.49. The molecule has 90 valence electrons. The van der Waals surface area contributed by atoms with Crippen LogP contribution in [0.25, 0.3) is 0 Å². The Balaban J connectivity index is 3.66. The lowest BCUT2D eigenvalue weighted by Gasteiger charge is -2.22. The molecule has 1 unspecified atom stereocenters. The summed E-state index contributed by atoms with van der Waals surface area (Å²) in [6.45, 7) is 9.23. The Bertz CT molecular complexity index is 188. The molecule has 4 nitrogen and oxygen atoms in total. The third kappa shape index (κ3) is 5.74. The SMILES string of the molecule is CCN(CC)CCCCC(C)(N)C(N)=O. The van der Waals surface area contributed by atoms with Crippen molar-refractivity contribution in [3.63, 3.8) is 0 Å². The molecule has 0 aliphatic carbocycles. The van der Waals surface area contributed by atoms with Crippen LogP contribution in [0.5, 0.6) is 0 Å². The number of rotatable bonds is 8. The Morgan fingerprint density at radius 1 is 1.27 bits per heavy atom. The standard InChI is InChI=1S/C11H25N3O/c1-4-14(5-2)9-7-6-8-11(3,13)10(12)15/h4-9,13H2,1-3H3,(H2,12,15). The summed E-state index contributed by atoms with van der Waals surface area (Å²) in [4.78, 5) is 13.3. The van der Waals surface area contributed by atoms with E-state index in [1.165, 1.54) is 0 Å². The fraction of sp³-hybridized carbons (Fsp3) is 0.909. The van der Waals surface area contributed by atoms with Crippen LogP contribution in [-0.2, 0) is 4.79 Å². The monoisotopic (exact) mass is 215 g/mol. The fourth-order valence-corrected chi connectivity index (χ4v) is 1.49. The van der Waals surface area contributed by atoms with Crippen LogP contribution >= 0.6 is 0 Å². The third-order valence-corrected chi connectivity index (χ3v) is 2.88. The van der Waals surface area contributed by atoms with E-state index in [1.807, 2.05) is 0 Å². The van der Waals surface area contributed by atoms with Crippen LogP contribution in [0.2, 0.25) is 0 Å². The number of carbonyl (C=O) groups excluding carboxylic acids is 1. The second-order valence-corrected chi connectivity index (χ2v) is 4.27. The molecule has 0 radical (unpaired) electrons. The van der Waals surface area contributed by atoms with Gasteiger partial charge in [0.2, 0.25) is 5.91 Å². The van der Waals surface area contributed by atoms with Crippen molar-refractivity contribution in [3.05, 3.63) is 0 Å². The zero-order valence-corrected chi connectivity index (χ0v) is 10.3. The molecule has 0 saturated carbocycles. The molecule has 0 bridgehead atoms. The van der Waals surface area contributed by atoms with E-state index in [0.29, 0.717) is 6.42 Å². The second-order valence-electron chi connectivity index (χ2n) is 4.27. The van der Waals surface area contributed by atoms with Crippen molar-refractivity contribution in [2.45, 2.75) is 45.6 Å². The van der Waals surface area contributed by atoms with Gasteiger partial charge in [-0.2, -0.15) is 0 Å². The van der Waals surface area contributed by atoms with Crippen molar-refractivity contribution in [2.24, 2.45) is 11.5 Å². The lowest BCUT2D eigenvalue weighted by molar-refractivity contribution is -0.122. The van der Waals surface area contributed by atoms with Gasteiger partial charge in [0.15, 0.2) is 0 Å². The maximum atomic E-state index is 10.9. The van der Waals surface area contributed by atoms with Crippen LogP contribution in [0, 0.1) is 0 Å². The Kier molecular flexibility index (Phi) is 6.52. The number of nitrogens with two attached hydrogens (primary N) is 2. The number of primary amides is 1. The highest BCUT2D eigenvalue weighted by molar-refractivity contribution is 5.83. The van der Waals surface area contributed by atoms with Gasteiger partial charge >= 0.3 is 0 Å². The summed E-state index contributed by atoms with van der Waals surface area (Å²) in [5.41, 5.74) is 10.1. The van der Waals surface area contributed by atoms with Crippen molar-refractivity contribution in [1.82, 2.24) is 4.90 Å². The normalized spacial score (nSPS) is 15.3. The van der Waals surface area contributed by atoms with Crippen molar-refractivity contribution in [2.75, 3.05) is 19.6 Å². The zero-order chi connectivity index (χ0) is 11.9. The van der Waals surface area contributed by atoms with E-state index in [4.69, 9.17) is 11.5 Å². The number of hydrogen-bond donors (Lipinski definition) is 2. The maximum absolute atomic E-state index is 10.9. The van der Waals surface area contributed by atoms with E-state index in [1.54, 1.807) is 6.92 Å². The van der Waals surface area contributed by atoms with Crippen LogP contribution in [0.4, 0.5) is 0 Å². The first-order valence-corrected chi connectivity index (χ1v) is 5.75. The molecule has 0 saturated heterocycles. The topological polar surface area (TPSA) is 72.3 Å². The lowest BCUT2D eigenvalue weighted by Crippen LogP contribution is -2.49. The molecule has 15 heavy (non-hydrogen) atoms. The molecule has 0 fully saturated rings. The number of amides is 1. The Labute approximate surface area is 93.0 Å². The average Bonchev–Trinajstić information content (AvgIpc) is 2.18. The van der Waals surface area contributed by atoms with Gasteiger partial charge in [0.25, 0.3) is 0 Å². The van der Waals surface area contributed by atoms with Gasteiger partial charge < -0.3 is 16.4 Å². The van der Waals surface area contributed by atoms with Gasteiger partial charge in [-0.25, -0.2) is 0 Å². The van der Waals surface area contributed by atoms with E-state index in [9.17, 15) is 4.79 Å². The van der Waals surface area contributed by atoms with Gasteiger partial charge in [-0.15, -0.1) is 0 Å². The van der Waals surface area contributed by atoms with E-state index in [0.717, 1.165) is 32.5 Å². The third-order valence-electron chi connectivity index (χ3n) is 2.88. The highest BCUT2D eigenvalue weighted by Gasteiger charge is 2.24. The summed E-state index contributed by atoms with van der Waals surface area (Å²) < 4.78 is 0. The van der Waals surface area contributed by atoms with E-state index in [2.05, 4.69) is 18.7 Å². The summed E-state index contributed by atoms with van der Waals surface area (Å²) in [5.74, 6) is -0.412. The molecule has 1 amide bonds. The van der Waals surface area contributed by atoms with Gasteiger partial charge in [-0.05, 0) is 45.8 Å². The average molecular weight is 215 g/mol. The number of carbonyl (C=O) groups is 1. The number of nitrogens with zero attached hydrogens (tertiary/aromatic N) is 1. The van der Waals surface area contributed by atoms with Crippen molar-refractivity contribution in [3.8, 4) is 0 Å². The van der Waals surface area contributed by atoms with Crippen LogP contribution in [0.1, 0.15) is 40.0 Å². The van der Waals surface area contributed by atoms with Crippen LogP contribution in [-0.4, -0.2) is 36.0 Å². The summed E-state index contributed by atoms with van der Waals surface area (Å²) in [7, 11) is 0. The number of hydrogen-bond acceptors (Lipinski definition) is 3. The van der Waals surface area contributed by atoms with Gasteiger partial charge in [-0.3, -0.25) is 4.79 Å². The molecule has 0 heterocycles.